The highest BCUT2D eigenvalue weighted by Gasteiger charge is 2.38. The first-order chi connectivity index (χ1) is 31.2. The van der Waals surface area contributed by atoms with Crippen LogP contribution in [0.5, 0.6) is 28.7 Å². The molecule has 0 bridgehead atoms. The SMILES string of the molecule is C1=NC2=C(CCC=C2)OC2CCC3Oc4ccccc4N=C=Nc4ccccc4OC3CCC3Oc4ccccc4N=C=Nc4ccccc4OC3CCC2Oc2ccccc2N=1. The summed E-state index contributed by atoms with van der Waals surface area (Å²) in [6.45, 7) is 0. The van der Waals surface area contributed by atoms with Crippen LogP contribution in [-0.2, 0) is 4.74 Å². The molecule has 5 aromatic rings. The van der Waals surface area contributed by atoms with Gasteiger partial charge in [0.2, 0.25) is 0 Å². The third-order valence-electron chi connectivity index (χ3n) is 11.6. The number of rotatable bonds is 0. The van der Waals surface area contributed by atoms with Crippen molar-refractivity contribution in [2.45, 2.75) is 88.0 Å². The molecule has 0 N–H and O–H groups in total. The van der Waals surface area contributed by atoms with E-state index in [2.05, 4.69) is 54.1 Å². The average molecular weight is 837 g/mol. The summed E-state index contributed by atoms with van der Waals surface area (Å²) in [7, 11) is 0. The lowest BCUT2D eigenvalue weighted by Gasteiger charge is -2.37. The van der Waals surface area contributed by atoms with Crippen molar-refractivity contribution < 1.29 is 28.4 Å². The van der Waals surface area contributed by atoms with Gasteiger partial charge < -0.3 is 28.4 Å². The van der Waals surface area contributed by atoms with Gasteiger partial charge >= 0.3 is 0 Å². The number of para-hydroxylation sites is 10. The Balaban J connectivity index is 1.13. The van der Waals surface area contributed by atoms with Crippen LogP contribution in [0.4, 0.5) is 28.4 Å². The normalized spacial score (nSPS) is 23.8. The van der Waals surface area contributed by atoms with Gasteiger partial charge in [0.1, 0.15) is 123 Å². The van der Waals surface area contributed by atoms with Gasteiger partial charge in [0.25, 0.3) is 0 Å². The number of nitrogens with zero attached hydrogens (tertiary/aromatic N) is 6. The first-order valence-electron chi connectivity index (χ1n) is 21.5. The summed E-state index contributed by atoms with van der Waals surface area (Å²) in [6, 6.07) is 47.1. The highest BCUT2D eigenvalue weighted by atomic mass is 16.6. The molecule has 0 aromatic heterocycles. The van der Waals surface area contributed by atoms with Crippen LogP contribution >= 0.6 is 0 Å². The maximum absolute atomic E-state index is 7.15. The van der Waals surface area contributed by atoms with E-state index in [0.717, 1.165) is 12.2 Å². The molecule has 0 saturated heterocycles. The summed E-state index contributed by atoms with van der Waals surface area (Å²) in [5.74, 6) is 3.71. The fraction of sp³-hybridized carbons (Fsp3) is 0.275. The molecule has 3 heterocycles. The monoisotopic (exact) mass is 836 g/mol. The van der Waals surface area contributed by atoms with Crippen molar-refractivity contribution in [3.8, 4) is 28.7 Å². The van der Waals surface area contributed by atoms with Crippen LogP contribution in [0.25, 0.3) is 0 Å². The number of aliphatic imine (C=N–C) groups is 6. The van der Waals surface area contributed by atoms with Crippen molar-refractivity contribution in [1.82, 2.24) is 0 Å². The minimum absolute atomic E-state index is 0.471. The van der Waals surface area contributed by atoms with Crippen molar-refractivity contribution in [2.75, 3.05) is 0 Å². The molecule has 1 fully saturated rings. The molecule has 0 radical (unpaired) electrons. The molecular weight excluding hydrogens is 793 g/mol. The number of benzene rings is 5. The molecule has 6 atom stereocenters. The lowest BCUT2D eigenvalue weighted by atomic mass is 9.91. The molecule has 5 aromatic carbocycles. The van der Waals surface area contributed by atoms with E-state index in [0.29, 0.717) is 108 Å². The number of ether oxygens (including phenoxy) is 6. The molecule has 3 aliphatic heterocycles. The predicted octanol–water partition coefficient (Wildman–Crippen LogP) is 12.2. The quantitative estimate of drug-likeness (QED) is 0.153. The molecule has 63 heavy (non-hydrogen) atoms. The van der Waals surface area contributed by atoms with Gasteiger partial charge in [-0.2, -0.15) is 30.0 Å². The minimum atomic E-state index is -0.511. The van der Waals surface area contributed by atoms with Crippen molar-refractivity contribution in [2.24, 2.45) is 30.0 Å². The standard InChI is InChI=1S/C51H44N6O6/c1-7-19-40-34(13-1)52-31-53-35-14-2-8-20-41(35)59-47-27-28-49-51(63-45-24-12-6-18-39(45)57-33-55-37-16-4-10-22-43(37)61-49)30-29-50-48(26-25-46(47)58-40)60-42-21-9-3-15-36(42)54-32-56-38-17-5-11-23-44(38)62-50/h1-11,13-23,46-51H,12,24-30H2. The van der Waals surface area contributed by atoms with E-state index in [1.807, 2.05) is 127 Å². The second kappa shape index (κ2) is 18.6. The molecule has 12 nitrogen and oxygen atoms in total. The molecule has 6 unspecified atom stereocenters. The number of allylic oxidation sites excluding steroid dienone is 3. The van der Waals surface area contributed by atoms with Gasteiger partial charge in [-0.15, -0.1) is 0 Å². The van der Waals surface area contributed by atoms with E-state index in [4.69, 9.17) is 28.4 Å². The van der Waals surface area contributed by atoms with Gasteiger partial charge in [0, 0.05) is 6.42 Å². The summed E-state index contributed by atoms with van der Waals surface area (Å²) >= 11 is 0. The number of fused-ring (bicyclic) bond motifs is 8. The first-order valence-corrected chi connectivity index (χ1v) is 21.5. The smallest absolute Gasteiger partial charge is 0.146 e. The summed E-state index contributed by atoms with van der Waals surface area (Å²) in [4.78, 5) is 27.7. The van der Waals surface area contributed by atoms with E-state index in [1.54, 1.807) is 0 Å². The third kappa shape index (κ3) is 9.25. The first kappa shape index (κ1) is 39.6. The van der Waals surface area contributed by atoms with Crippen molar-refractivity contribution in [3.05, 3.63) is 145 Å². The Morgan fingerprint density at radius 3 is 0.968 bits per heavy atom. The minimum Gasteiger partial charge on any atom is -0.489 e. The van der Waals surface area contributed by atoms with E-state index in [9.17, 15) is 0 Å². The van der Waals surface area contributed by atoms with E-state index in [1.165, 1.54) is 0 Å². The molecule has 10 rings (SSSR count). The summed E-state index contributed by atoms with van der Waals surface area (Å²) < 4.78 is 42.5. The van der Waals surface area contributed by atoms with Gasteiger partial charge in [-0.05, 0) is 112 Å². The van der Waals surface area contributed by atoms with Crippen molar-refractivity contribution in [3.63, 3.8) is 0 Å². The Labute approximate surface area is 365 Å². The summed E-state index contributed by atoms with van der Waals surface area (Å²) in [6.07, 6.45) is 5.73. The van der Waals surface area contributed by atoms with Crippen molar-refractivity contribution >= 4 is 46.5 Å². The maximum Gasteiger partial charge on any atom is 0.146 e. The highest BCUT2D eigenvalue weighted by molar-refractivity contribution is 5.66. The second-order valence-corrected chi connectivity index (χ2v) is 15.7. The molecule has 5 aliphatic rings. The zero-order chi connectivity index (χ0) is 42.2. The Hall–Kier alpha value is -7.48. The lowest BCUT2D eigenvalue weighted by molar-refractivity contribution is -0.0373. The molecule has 12 heteroatoms. The van der Waals surface area contributed by atoms with Gasteiger partial charge in [0.15, 0.2) is 0 Å². The van der Waals surface area contributed by atoms with Gasteiger partial charge in [0.05, 0.1) is 0 Å². The van der Waals surface area contributed by atoms with Crippen molar-refractivity contribution in [1.29, 1.82) is 0 Å². The largest absolute Gasteiger partial charge is 0.489 e. The van der Waals surface area contributed by atoms with E-state index >= 15 is 0 Å². The lowest BCUT2D eigenvalue weighted by Crippen LogP contribution is -2.44. The molecule has 1 saturated carbocycles. The maximum atomic E-state index is 7.15. The number of hydrogen-bond donors (Lipinski definition) is 0. The van der Waals surface area contributed by atoms with Gasteiger partial charge in [-0.1, -0.05) is 66.7 Å². The zero-order valence-electron chi connectivity index (χ0n) is 34.5. The van der Waals surface area contributed by atoms with Gasteiger partial charge in [-0.25, -0.2) is 0 Å². The Morgan fingerprint density at radius 1 is 0.349 bits per heavy atom. The Morgan fingerprint density at radius 2 is 0.635 bits per heavy atom. The van der Waals surface area contributed by atoms with Crippen LogP contribution < -0.4 is 23.7 Å². The molecule has 314 valence electrons. The van der Waals surface area contributed by atoms with Crippen LogP contribution in [0.3, 0.4) is 0 Å². The molecule has 0 spiro atoms. The van der Waals surface area contributed by atoms with Crippen LogP contribution in [-0.4, -0.2) is 54.6 Å². The third-order valence-corrected chi connectivity index (χ3v) is 11.6. The summed E-state index contributed by atoms with van der Waals surface area (Å²) in [5.41, 5.74) is 3.72. The number of hydrogen-bond acceptors (Lipinski definition) is 12. The van der Waals surface area contributed by atoms with Gasteiger partial charge in [-0.3, -0.25) is 0 Å². The Bertz CT molecular complexity index is 2750. The van der Waals surface area contributed by atoms with Crippen LogP contribution in [0, 0.1) is 0 Å². The zero-order valence-corrected chi connectivity index (χ0v) is 34.5. The molecular formula is C51H44N6O6. The molecule has 0 amide bonds. The second-order valence-electron chi connectivity index (χ2n) is 15.7. The summed E-state index contributed by atoms with van der Waals surface area (Å²) in [5, 5.41) is 0. The topological polar surface area (TPSA) is 130 Å². The van der Waals surface area contributed by atoms with E-state index < -0.39 is 36.6 Å². The van der Waals surface area contributed by atoms with E-state index in [-0.39, 0.29) is 0 Å². The Kier molecular flexibility index (Phi) is 11.7. The fourth-order valence-corrected chi connectivity index (χ4v) is 8.40. The fourth-order valence-electron chi connectivity index (χ4n) is 8.40. The average Bonchev–Trinajstić information content (AvgIpc) is 3.38. The van der Waals surface area contributed by atoms with Crippen LogP contribution in [0.2, 0.25) is 0 Å². The van der Waals surface area contributed by atoms with Crippen LogP contribution in [0.15, 0.2) is 175 Å². The highest BCUT2D eigenvalue weighted by Crippen LogP contribution is 2.40. The van der Waals surface area contributed by atoms with Crippen LogP contribution in [0.1, 0.15) is 51.4 Å². The molecule has 2 aliphatic carbocycles. The predicted molar refractivity (Wildman–Crippen MR) is 240 cm³/mol.